The summed E-state index contributed by atoms with van der Waals surface area (Å²) in [6, 6.07) is 0. The van der Waals surface area contributed by atoms with Crippen molar-refractivity contribution >= 4 is 0 Å². The Morgan fingerprint density at radius 2 is 2.08 bits per heavy atom. The average molecular weight is 184 g/mol. The van der Waals surface area contributed by atoms with Crippen LogP contribution in [0.3, 0.4) is 0 Å². The monoisotopic (exact) mass is 184 g/mol. The Morgan fingerprint density at radius 1 is 1.46 bits per heavy atom. The summed E-state index contributed by atoms with van der Waals surface area (Å²) in [4.78, 5) is 0. The van der Waals surface area contributed by atoms with E-state index < -0.39 is 0 Å². The summed E-state index contributed by atoms with van der Waals surface area (Å²) in [6.07, 6.45) is 6.26. The fourth-order valence-corrected chi connectivity index (χ4v) is 2.05. The third-order valence-corrected chi connectivity index (χ3v) is 2.71. The van der Waals surface area contributed by atoms with Crippen LogP contribution in [0.2, 0.25) is 0 Å². The van der Waals surface area contributed by atoms with Crippen molar-refractivity contribution in [1.82, 2.24) is 0 Å². The standard InChI is InChI=1S/C11H20O2/c1-9(2)13-11(8-12)10-6-4-3-5-7-10/h10-12H,1,3-8H2,2H3. The molecule has 1 fully saturated rings. The molecule has 1 unspecified atom stereocenters. The molecule has 0 radical (unpaired) electrons. The van der Waals surface area contributed by atoms with Gasteiger partial charge in [-0.15, -0.1) is 0 Å². The van der Waals surface area contributed by atoms with Gasteiger partial charge in [0.15, 0.2) is 0 Å². The molecule has 1 aliphatic carbocycles. The Morgan fingerprint density at radius 3 is 2.54 bits per heavy atom. The van der Waals surface area contributed by atoms with Gasteiger partial charge in [-0.1, -0.05) is 25.8 Å². The van der Waals surface area contributed by atoms with E-state index in [0.717, 1.165) is 0 Å². The summed E-state index contributed by atoms with van der Waals surface area (Å²) in [7, 11) is 0. The molecule has 0 aromatic carbocycles. The largest absolute Gasteiger partial charge is 0.493 e. The maximum Gasteiger partial charge on any atom is 0.124 e. The van der Waals surface area contributed by atoms with Crippen molar-refractivity contribution < 1.29 is 9.84 Å². The second kappa shape index (κ2) is 5.28. The number of aliphatic hydroxyl groups is 1. The summed E-state index contributed by atoms with van der Waals surface area (Å²) in [6.45, 7) is 5.67. The highest BCUT2D eigenvalue weighted by molar-refractivity contribution is 4.81. The molecule has 0 aliphatic heterocycles. The molecule has 1 rings (SSSR count). The van der Waals surface area contributed by atoms with E-state index in [1.165, 1.54) is 32.1 Å². The van der Waals surface area contributed by atoms with Gasteiger partial charge in [0.2, 0.25) is 0 Å². The van der Waals surface area contributed by atoms with Crippen LogP contribution >= 0.6 is 0 Å². The van der Waals surface area contributed by atoms with Gasteiger partial charge in [0, 0.05) is 0 Å². The van der Waals surface area contributed by atoms with E-state index in [1.54, 1.807) is 0 Å². The quantitative estimate of drug-likeness (QED) is 0.680. The molecule has 1 aliphatic rings. The molecule has 0 bridgehead atoms. The van der Waals surface area contributed by atoms with Crippen molar-refractivity contribution in [2.24, 2.45) is 5.92 Å². The lowest BCUT2D eigenvalue weighted by atomic mass is 9.85. The topological polar surface area (TPSA) is 29.5 Å². The molecule has 76 valence electrons. The van der Waals surface area contributed by atoms with Gasteiger partial charge in [-0.25, -0.2) is 0 Å². The van der Waals surface area contributed by atoms with Crippen LogP contribution in [0, 0.1) is 5.92 Å². The zero-order chi connectivity index (χ0) is 9.68. The van der Waals surface area contributed by atoms with Gasteiger partial charge < -0.3 is 9.84 Å². The number of aliphatic hydroxyl groups excluding tert-OH is 1. The first-order chi connectivity index (χ1) is 6.24. The SMILES string of the molecule is C=C(C)OC(CO)C1CCCCC1. The van der Waals surface area contributed by atoms with E-state index in [-0.39, 0.29) is 12.7 Å². The number of allylic oxidation sites excluding steroid dienone is 1. The fourth-order valence-electron chi connectivity index (χ4n) is 2.05. The molecule has 0 amide bonds. The van der Waals surface area contributed by atoms with E-state index in [4.69, 9.17) is 9.84 Å². The maximum atomic E-state index is 9.16. The van der Waals surface area contributed by atoms with E-state index >= 15 is 0 Å². The van der Waals surface area contributed by atoms with Gasteiger partial charge in [0.25, 0.3) is 0 Å². The Bertz CT molecular complexity index is 159. The predicted molar refractivity (Wildman–Crippen MR) is 53.3 cm³/mol. The van der Waals surface area contributed by atoms with E-state index in [0.29, 0.717) is 11.7 Å². The molecule has 2 heteroatoms. The Hall–Kier alpha value is -0.500. The highest BCUT2D eigenvalue weighted by Crippen LogP contribution is 2.28. The van der Waals surface area contributed by atoms with Gasteiger partial charge in [0.1, 0.15) is 6.10 Å². The van der Waals surface area contributed by atoms with Crippen molar-refractivity contribution in [2.45, 2.75) is 45.1 Å². The summed E-state index contributed by atoms with van der Waals surface area (Å²) in [5.41, 5.74) is 0. The first-order valence-corrected chi connectivity index (χ1v) is 5.17. The Labute approximate surface area is 80.6 Å². The summed E-state index contributed by atoms with van der Waals surface area (Å²) in [5, 5.41) is 9.16. The van der Waals surface area contributed by atoms with E-state index in [2.05, 4.69) is 6.58 Å². The van der Waals surface area contributed by atoms with Gasteiger partial charge >= 0.3 is 0 Å². The maximum absolute atomic E-state index is 9.16. The molecular weight excluding hydrogens is 164 g/mol. The predicted octanol–water partition coefficient (Wildman–Crippen LogP) is 2.48. The third-order valence-electron chi connectivity index (χ3n) is 2.71. The molecule has 1 atom stereocenters. The second-order valence-electron chi connectivity index (χ2n) is 3.94. The van der Waals surface area contributed by atoms with Crippen LogP contribution < -0.4 is 0 Å². The van der Waals surface area contributed by atoms with E-state index in [1.807, 2.05) is 6.92 Å². The van der Waals surface area contributed by atoms with Crippen LogP contribution in [0.1, 0.15) is 39.0 Å². The minimum absolute atomic E-state index is 0.0159. The molecule has 2 nitrogen and oxygen atoms in total. The van der Waals surface area contributed by atoms with Gasteiger partial charge in [-0.3, -0.25) is 0 Å². The fraction of sp³-hybridized carbons (Fsp3) is 0.818. The molecule has 0 heterocycles. The molecule has 0 saturated heterocycles. The zero-order valence-corrected chi connectivity index (χ0v) is 8.46. The van der Waals surface area contributed by atoms with Crippen molar-refractivity contribution in [1.29, 1.82) is 0 Å². The molecule has 0 aromatic heterocycles. The second-order valence-corrected chi connectivity index (χ2v) is 3.94. The van der Waals surface area contributed by atoms with Gasteiger partial charge in [-0.05, 0) is 25.7 Å². The Kier molecular flexibility index (Phi) is 4.29. The lowest BCUT2D eigenvalue weighted by Gasteiger charge is -2.29. The normalized spacial score (nSPS) is 21.1. The molecule has 0 aromatic rings. The summed E-state index contributed by atoms with van der Waals surface area (Å²) >= 11 is 0. The van der Waals surface area contributed by atoms with Crippen LogP contribution in [-0.4, -0.2) is 17.8 Å². The van der Waals surface area contributed by atoms with Gasteiger partial charge in [-0.2, -0.15) is 0 Å². The number of ether oxygens (including phenoxy) is 1. The highest BCUT2D eigenvalue weighted by atomic mass is 16.5. The average Bonchev–Trinajstić information content (AvgIpc) is 2.15. The third kappa shape index (κ3) is 3.39. The first kappa shape index (κ1) is 10.6. The Balaban J connectivity index is 2.39. The van der Waals surface area contributed by atoms with Crippen molar-refractivity contribution in [3.8, 4) is 0 Å². The van der Waals surface area contributed by atoms with Crippen molar-refractivity contribution in [2.75, 3.05) is 6.61 Å². The minimum atomic E-state index is -0.0159. The smallest absolute Gasteiger partial charge is 0.124 e. The number of rotatable bonds is 4. The van der Waals surface area contributed by atoms with Crippen LogP contribution in [0.4, 0.5) is 0 Å². The summed E-state index contributed by atoms with van der Waals surface area (Å²) in [5.74, 6) is 1.25. The van der Waals surface area contributed by atoms with Gasteiger partial charge in [0.05, 0.1) is 12.4 Å². The number of hydrogen-bond donors (Lipinski definition) is 1. The van der Waals surface area contributed by atoms with Crippen molar-refractivity contribution in [3.63, 3.8) is 0 Å². The molecule has 0 spiro atoms. The van der Waals surface area contributed by atoms with Crippen LogP contribution in [0.5, 0.6) is 0 Å². The molecule has 1 saturated carbocycles. The van der Waals surface area contributed by atoms with Crippen LogP contribution in [-0.2, 0) is 4.74 Å². The highest BCUT2D eigenvalue weighted by Gasteiger charge is 2.24. The van der Waals surface area contributed by atoms with Crippen LogP contribution in [0.25, 0.3) is 0 Å². The molecule has 13 heavy (non-hydrogen) atoms. The van der Waals surface area contributed by atoms with Crippen molar-refractivity contribution in [3.05, 3.63) is 12.3 Å². The van der Waals surface area contributed by atoms with Crippen LogP contribution in [0.15, 0.2) is 12.3 Å². The first-order valence-electron chi connectivity index (χ1n) is 5.17. The molecule has 1 N–H and O–H groups in total. The zero-order valence-electron chi connectivity index (χ0n) is 8.46. The number of hydrogen-bond acceptors (Lipinski definition) is 2. The van der Waals surface area contributed by atoms with E-state index in [9.17, 15) is 0 Å². The lowest BCUT2D eigenvalue weighted by Crippen LogP contribution is -2.28. The summed E-state index contributed by atoms with van der Waals surface area (Å²) < 4.78 is 5.49. The minimum Gasteiger partial charge on any atom is -0.493 e. The lowest BCUT2D eigenvalue weighted by molar-refractivity contribution is 0.00592. The molecular formula is C11H20O2.